The Balaban J connectivity index is 1.47. The van der Waals surface area contributed by atoms with Crippen LogP contribution in [-0.4, -0.2) is 34.7 Å². The number of fused-ring (bicyclic) bond motifs is 1. The molecule has 27 heavy (non-hydrogen) atoms. The van der Waals surface area contributed by atoms with Crippen LogP contribution >= 0.6 is 0 Å². The molecular formula is C22H24N4O. The Labute approximate surface area is 158 Å². The van der Waals surface area contributed by atoms with Crippen molar-refractivity contribution in [2.24, 2.45) is 5.73 Å². The number of carbonyl (C=O) groups is 1. The van der Waals surface area contributed by atoms with Crippen LogP contribution in [0.2, 0.25) is 0 Å². The summed E-state index contributed by atoms with van der Waals surface area (Å²) < 4.78 is 0. The Morgan fingerprint density at radius 2 is 2.04 bits per heavy atom. The monoisotopic (exact) mass is 360 g/mol. The van der Waals surface area contributed by atoms with Gasteiger partial charge in [-0.3, -0.25) is 10.2 Å². The number of nitrogens with zero attached hydrogens (tertiary/aromatic N) is 1. The van der Waals surface area contributed by atoms with Crippen LogP contribution in [0, 0.1) is 5.41 Å². The molecule has 2 aromatic carbocycles. The third-order valence-corrected chi connectivity index (χ3v) is 5.48. The third kappa shape index (κ3) is 3.58. The number of piperidine rings is 1. The molecule has 2 heterocycles. The molecule has 0 spiro atoms. The molecule has 0 radical (unpaired) electrons. The van der Waals surface area contributed by atoms with Crippen molar-refractivity contribution in [3.63, 3.8) is 0 Å². The van der Waals surface area contributed by atoms with Crippen LogP contribution in [0.3, 0.4) is 0 Å². The van der Waals surface area contributed by atoms with E-state index in [1.54, 1.807) is 6.20 Å². The number of nitrogen functional groups attached to an aromatic ring is 1. The molecule has 1 amide bonds. The van der Waals surface area contributed by atoms with Crippen molar-refractivity contribution in [1.29, 1.82) is 5.41 Å². The Hall–Kier alpha value is -3.08. The average Bonchev–Trinajstić information content (AvgIpc) is 3.11. The summed E-state index contributed by atoms with van der Waals surface area (Å²) in [4.78, 5) is 17.5. The molecule has 1 atom stereocenters. The van der Waals surface area contributed by atoms with Crippen LogP contribution in [0.5, 0.6) is 0 Å². The number of hydrogen-bond donors (Lipinski definition) is 3. The molecule has 3 aromatic rings. The van der Waals surface area contributed by atoms with E-state index in [9.17, 15) is 4.79 Å². The first-order chi connectivity index (χ1) is 13.1. The fraction of sp³-hybridized carbons (Fsp3) is 0.273. The van der Waals surface area contributed by atoms with E-state index in [2.05, 4.69) is 41.4 Å². The molecule has 1 aliphatic rings. The Morgan fingerprint density at radius 3 is 2.81 bits per heavy atom. The smallest absolute Gasteiger partial charge is 0.222 e. The highest BCUT2D eigenvalue weighted by atomic mass is 16.2. The molecule has 1 unspecified atom stereocenters. The second-order valence-corrected chi connectivity index (χ2v) is 7.23. The lowest BCUT2D eigenvalue weighted by Gasteiger charge is -2.33. The zero-order valence-corrected chi connectivity index (χ0v) is 15.2. The summed E-state index contributed by atoms with van der Waals surface area (Å²) in [7, 11) is 0. The van der Waals surface area contributed by atoms with Gasteiger partial charge in [0.2, 0.25) is 5.91 Å². The highest BCUT2D eigenvalue weighted by Crippen LogP contribution is 2.27. The Bertz CT molecular complexity index is 976. The second kappa shape index (κ2) is 7.27. The fourth-order valence-corrected chi connectivity index (χ4v) is 3.94. The van der Waals surface area contributed by atoms with Crippen molar-refractivity contribution >= 4 is 22.6 Å². The van der Waals surface area contributed by atoms with Crippen molar-refractivity contribution in [1.82, 2.24) is 9.88 Å². The first-order valence-electron chi connectivity index (χ1n) is 9.39. The SMILES string of the molecule is N=C(N)c1c[nH]c2ccc(CCN3CC(c4ccccc4)CCC3=O)cc12. The summed E-state index contributed by atoms with van der Waals surface area (Å²) in [5.74, 6) is 0.727. The largest absolute Gasteiger partial charge is 0.384 e. The van der Waals surface area contributed by atoms with Gasteiger partial charge in [0.05, 0.1) is 0 Å². The number of nitrogens with two attached hydrogens (primary N) is 1. The first kappa shape index (κ1) is 17.3. The van der Waals surface area contributed by atoms with Crippen molar-refractivity contribution in [3.05, 3.63) is 71.4 Å². The van der Waals surface area contributed by atoms with Crippen LogP contribution in [0.25, 0.3) is 10.9 Å². The molecular weight excluding hydrogens is 336 g/mol. The zero-order valence-electron chi connectivity index (χ0n) is 15.2. The summed E-state index contributed by atoms with van der Waals surface area (Å²) in [5, 5.41) is 8.67. The van der Waals surface area contributed by atoms with Gasteiger partial charge < -0.3 is 15.6 Å². The molecule has 5 heteroatoms. The minimum absolute atomic E-state index is 0.0651. The maximum absolute atomic E-state index is 12.4. The lowest BCUT2D eigenvalue weighted by atomic mass is 9.90. The minimum Gasteiger partial charge on any atom is -0.384 e. The minimum atomic E-state index is 0.0651. The van der Waals surface area contributed by atoms with E-state index >= 15 is 0 Å². The first-order valence-corrected chi connectivity index (χ1v) is 9.39. The van der Waals surface area contributed by atoms with E-state index in [-0.39, 0.29) is 11.7 Å². The fourth-order valence-electron chi connectivity index (χ4n) is 3.94. The van der Waals surface area contributed by atoms with Crippen LogP contribution in [0.1, 0.15) is 35.4 Å². The number of aromatic nitrogens is 1. The summed E-state index contributed by atoms with van der Waals surface area (Å²) in [6, 6.07) is 16.6. The zero-order chi connectivity index (χ0) is 18.8. The van der Waals surface area contributed by atoms with E-state index in [0.717, 1.165) is 41.4 Å². The van der Waals surface area contributed by atoms with Gasteiger partial charge in [-0.15, -0.1) is 0 Å². The van der Waals surface area contributed by atoms with Crippen molar-refractivity contribution in [3.8, 4) is 0 Å². The normalized spacial score (nSPS) is 17.4. The molecule has 1 saturated heterocycles. The highest BCUT2D eigenvalue weighted by Gasteiger charge is 2.26. The van der Waals surface area contributed by atoms with Crippen LogP contribution in [0.15, 0.2) is 54.7 Å². The Kier molecular flexibility index (Phi) is 4.67. The average molecular weight is 360 g/mol. The van der Waals surface area contributed by atoms with E-state index in [4.69, 9.17) is 11.1 Å². The molecule has 4 rings (SSSR count). The third-order valence-electron chi connectivity index (χ3n) is 5.48. The van der Waals surface area contributed by atoms with Gasteiger partial charge in [0.25, 0.3) is 0 Å². The molecule has 1 fully saturated rings. The number of hydrogen-bond acceptors (Lipinski definition) is 2. The molecule has 0 saturated carbocycles. The van der Waals surface area contributed by atoms with Gasteiger partial charge >= 0.3 is 0 Å². The number of likely N-dealkylation sites (tertiary alicyclic amines) is 1. The molecule has 0 aliphatic carbocycles. The lowest BCUT2D eigenvalue weighted by Crippen LogP contribution is -2.40. The van der Waals surface area contributed by atoms with Crippen molar-refractivity contribution < 1.29 is 4.79 Å². The number of amidine groups is 1. The van der Waals surface area contributed by atoms with Crippen molar-refractivity contribution in [2.75, 3.05) is 13.1 Å². The predicted octanol–water partition coefficient (Wildman–Crippen LogP) is 3.40. The van der Waals surface area contributed by atoms with Crippen molar-refractivity contribution in [2.45, 2.75) is 25.2 Å². The van der Waals surface area contributed by atoms with Gasteiger partial charge in [-0.05, 0) is 36.1 Å². The quantitative estimate of drug-likeness (QED) is 0.481. The van der Waals surface area contributed by atoms with Crippen LogP contribution in [0.4, 0.5) is 0 Å². The van der Waals surface area contributed by atoms with E-state index < -0.39 is 0 Å². The summed E-state index contributed by atoms with van der Waals surface area (Å²) in [5.41, 5.74) is 9.83. The number of aromatic amines is 1. The van der Waals surface area contributed by atoms with Gasteiger partial charge in [0.15, 0.2) is 0 Å². The topological polar surface area (TPSA) is 86.0 Å². The highest BCUT2D eigenvalue weighted by molar-refractivity contribution is 6.07. The van der Waals surface area contributed by atoms with E-state index in [1.807, 2.05) is 17.0 Å². The van der Waals surface area contributed by atoms with Crippen LogP contribution in [-0.2, 0) is 11.2 Å². The lowest BCUT2D eigenvalue weighted by molar-refractivity contribution is -0.133. The Morgan fingerprint density at radius 1 is 1.22 bits per heavy atom. The molecule has 1 aromatic heterocycles. The van der Waals surface area contributed by atoms with E-state index in [1.165, 1.54) is 5.56 Å². The number of carbonyl (C=O) groups excluding carboxylic acids is 1. The summed E-state index contributed by atoms with van der Waals surface area (Å²) in [6.07, 6.45) is 4.11. The molecule has 0 bridgehead atoms. The predicted molar refractivity (Wildman–Crippen MR) is 108 cm³/mol. The summed E-state index contributed by atoms with van der Waals surface area (Å²) in [6.45, 7) is 1.50. The number of amides is 1. The van der Waals surface area contributed by atoms with Gasteiger partial charge in [0.1, 0.15) is 5.84 Å². The maximum atomic E-state index is 12.4. The van der Waals surface area contributed by atoms with Crippen LogP contribution < -0.4 is 5.73 Å². The standard InChI is InChI=1S/C22H24N4O/c23-22(24)19-13-25-20-8-6-15(12-18(19)20)10-11-26-14-17(7-9-21(26)27)16-4-2-1-3-5-16/h1-6,8,12-13,17,25H,7,9-11,14H2,(H3,23,24). The molecule has 5 nitrogen and oxygen atoms in total. The maximum Gasteiger partial charge on any atom is 0.222 e. The number of benzene rings is 2. The molecule has 138 valence electrons. The van der Waals surface area contributed by atoms with Gasteiger partial charge in [0, 0.05) is 48.1 Å². The van der Waals surface area contributed by atoms with Gasteiger partial charge in [-0.1, -0.05) is 36.4 Å². The van der Waals surface area contributed by atoms with E-state index in [0.29, 0.717) is 18.9 Å². The van der Waals surface area contributed by atoms with Gasteiger partial charge in [-0.25, -0.2) is 0 Å². The number of rotatable bonds is 5. The summed E-state index contributed by atoms with van der Waals surface area (Å²) >= 11 is 0. The molecule has 4 N–H and O–H groups in total. The number of nitrogens with one attached hydrogen (secondary N) is 2. The molecule has 1 aliphatic heterocycles. The number of H-pyrrole nitrogens is 1. The van der Waals surface area contributed by atoms with Gasteiger partial charge in [-0.2, -0.15) is 0 Å². The second-order valence-electron chi connectivity index (χ2n) is 7.23.